The Morgan fingerprint density at radius 3 is 2.88 bits per heavy atom. The van der Waals surface area contributed by atoms with Crippen LogP contribution in [0.25, 0.3) is 10.8 Å². The molecule has 0 saturated carbocycles. The van der Waals surface area contributed by atoms with Gasteiger partial charge in [-0.15, -0.1) is 11.3 Å². The van der Waals surface area contributed by atoms with Gasteiger partial charge in [0.15, 0.2) is 10.8 Å². The Morgan fingerprint density at radius 2 is 2.17 bits per heavy atom. The van der Waals surface area contributed by atoms with Gasteiger partial charge in [-0.25, -0.2) is 9.78 Å². The Kier molecular flexibility index (Phi) is 4.64. The van der Waals surface area contributed by atoms with E-state index in [0.717, 1.165) is 0 Å². The van der Waals surface area contributed by atoms with Crippen molar-refractivity contribution in [3.05, 3.63) is 58.3 Å². The van der Waals surface area contributed by atoms with Crippen LogP contribution in [0.15, 0.2) is 46.4 Å². The smallest absolute Gasteiger partial charge is 0.337 e. The fraction of sp³-hybridized carbons (Fsp3) is 0.0625. The number of hydrogen-bond donors (Lipinski definition) is 1. The number of nitrogens with zero attached hydrogens (tertiary/aromatic N) is 1. The Morgan fingerprint density at radius 1 is 1.33 bits per heavy atom. The highest BCUT2D eigenvalue weighted by atomic mass is 35.5. The topological polar surface area (TPSA) is 81.4 Å². The van der Waals surface area contributed by atoms with E-state index >= 15 is 0 Å². The third-order valence-corrected chi connectivity index (χ3v) is 4.29. The Bertz CT molecular complexity index is 889. The van der Waals surface area contributed by atoms with E-state index < -0.39 is 11.9 Å². The number of aromatic nitrogens is 1. The highest BCUT2D eigenvalue weighted by Gasteiger charge is 2.16. The second-order valence-electron chi connectivity index (χ2n) is 4.66. The van der Waals surface area contributed by atoms with E-state index in [1.165, 1.54) is 42.9 Å². The lowest BCUT2D eigenvalue weighted by molar-refractivity contribution is 0.0600. The van der Waals surface area contributed by atoms with Crippen LogP contribution >= 0.6 is 22.9 Å². The van der Waals surface area contributed by atoms with Gasteiger partial charge in [0, 0.05) is 5.38 Å². The molecule has 24 heavy (non-hydrogen) atoms. The minimum atomic E-state index is -0.518. The average Bonchev–Trinajstić information content (AvgIpc) is 3.27. The van der Waals surface area contributed by atoms with Crippen molar-refractivity contribution in [2.75, 3.05) is 12.4 Å². The number of nitrogens with one attached hydrogen (secondary N) is 1. The number of carbonyl (C=O) groups is 2. The summed E-state index contributed by atoms with van der Waals surface area (Å²) in [7, 11) is 1.28. The van der Waals surface area contributed by atoms with E-state index in [1.54, 1.807) is 17.5 Å². The molecule has 2 aromatic heterocycles. The molecule has 0 fully saturated rings. The number of halogens is 1. The maximum Gasteiger partial charge on any atom is 0.337 e. The summed E-state index contributed by atoms with van der Waals surface area (Å²) in [5, 5.41) is 5.16. The van der Waals surface area contributed by atoms with Crippen molar-refractivity contribution in [2.45, 2.75) is 0 Å². The van der Waals surface area contributed by atoms with Crippen LogP contribution in [0.1, 0.15) is 20.8 Å². The molecule has 1 aromatic carbocycles. The highest BCUT2D eigenvalue weighted by molar-refractivity contribution is 7.13. The largest absolute Gasteiger partial charge is 0.465 e. The summed E-state index contributed by atoms with van der Waals surface area (Å²) in [6.07, 6.45) is 1.54. The van der Waals surface area contributed by atoms with Crippen molar-refractivity contribution in [3.8, 4) is 10.8 Å². The van der Waals surface area contributed by atoms with Gasteiger partial charge in [-0.3, -0.25) is 4.79 Å². The maximum atomic E-state index is 12.3. The van der Waals surface area contributed by atoms with E-state index in [0.29, 0.717) is 21.5 Å². The summed E-state index contributed by atoms with van der Waals surface area (Å²) in [6.45, 7) is 0. The number of benzene rings is 1. The van der Waals surface area contributed by atoms with Crippen LogP contribution in [-0.2, 0) is 4.74 Å². The zero-order chi connectivity index (χ0) is 17.1. The summed E-state index contributed by atoms with van der Waals surface area (Å²) >= 11 is 7.35. The first-order valence-corrected chi connectivity index (χ1v) is 8.03. The molecule has 8 heteroatoms. The average molecular weight is 363 g/mol. The fourth-order valence-corrected chi connectivity index (χ4v) is 2.87. The number of esters is 1. The van der Waals surface area contributed by atoms with Crippen LogP contribution in [0.5, 0.6) is 0 Å². The lowest BCUT2D eigenvalue weighted by Gasteiger charge is -2.07. The molecule has 1 N–H and O–H groups in total. The first-order valence-electron chi connectivity index (χ1n) is 6.77. The standard InChI is InChI=1S/C16H11ClN2O4S/c1-22-16(21)9-4-5-10(17)11(7-9)18-14(20)12-8-24-15(19-12)13-3-2-6-23-13/h2-8H,1H3,(H,18,20). The molecule has 0 aliphatic rings. The molecule has 6 nitrogen and oxygen atoms in total. The summed E-state index contributed by atoms with van der Waals surface area (Å²) in [6, 6.07) is 7.98. The molecular formula is C16H11ClN2O4S. The predicted molar refractivity (Wildman–Crippen MR) is 90.6 cm³/mol. The van der Waals surface area contributed by atoms with Gasteiger partial charge in [-0.2, -0.15) is 0 Å². The van der Waals surface area contributed by atoms with Gasteiger partial charge < -0.3 is 14.5 Å². The fourth-order valence-electron chi connectivity index (χ4n) is 1.94. The van der Waals surface area contributed by atoms with E-state index in [9.17, 15) is 9.59 Å². The van der Waals surface area contributed by atoms with E-state index in [1.807, 2.05) is 0 Å². The molecule has 0 saturated heterocycles. The zero-order valence-electron chi connectivity index (χ0n) is 12.4. The van der Waals surface area contributed by atoms with Crippen LogP contribution in [0.4, 0.5) is 5.69 Å². The van der Waals surface area contributed by atoms with Crippen molar-refractivity contribution >= 4 is 40.5 Å². The van der Waals surface area contributed by atoms with Gasteiger partial charge in [0.2, 0.25) is 0 Å². The van der Waals surface area contributed by atoms with Gasteiger partial charge >= 0.3 is 5.97 Å². The molecule has 0 aliphatic carbocycles. The number of thiazole rings is 1. The molecule has 0 bridgehead atoms. The molecule has 0 atom stereocenters. The molecular weight excluding hydrogens is 352 g/mol. The van der Waals surface area contributed by atoms with Gasteiger partial charge in [-0.1, -0.05) is 11.6 Å². The van der Waals surface area contributed by atoms with Crippen molar-refractivity contribution in [1.29, 1.82) is 0 Å². The van der Waals surface area contributed by atoms with Crippen LogP contribution < -0.4 is 5.32 Å². The normalized spacial score (nSPS) is 10.4. The van der Waals surface area contributed by atoms with Gasteiger partial charge in [0.25, 0.3) is 5.91 Å². The number of ether oxygens (including phenoxy) is 1. The molecule has 0 aliphatic heterocycles. The SMILES string of the molecule is COC(=O)c1ccc(Cl)c(NC(=O)c2csc(-c3ccco3)n2)c1. The van der Waals surface area contributed by atoms with Crippen LogP contribution in [0, 0.1) is 0 Å². The summed E-state index contributed by atoms with van der Waals surface area (Å²) in [4.78, 5) is 28.1. The van der Waals surface area contributed by atoms with E-state index in [2.05, 4.69) is 15.0 Å². The molecule has 0 unspecified atom stereocenters. The molecule has 122 valence electrons. The molecule has 0 spiro atoms. The third-order valence-electron chi connectivity index (χ3n) is 3.10. The highest BCUT2D eigenvalue weighted by Crippen LogP contribution is 2.26. The second-order valence-corrected chi connectivity index (χ2v) is 5.92. The lowest BCUT2D eigenvalue weighted by Crippen LogP contribution is -2.13. The van der Waals surface area contributed by atoms with Crippen LogP contribution in [0.3, 0.4) is 0 Å². The Balaban J connectivity index is 1.81. The lowest BCUT2D eigenvalue weighted by atomic mass is 10.2. The quantitative estimate of drug-likeness (QED) is 0.707. The number of amides is 1. The first kappa shape index (κ1) is 16.2. The van der Waals surface area contributed by atoms with Crippen molar-refractivity contribution in [2.24, 2.45) is 0 Å². The number of furan rings is 1. The Labute approximate surface area is 146 Å². The number of anilines is 1. The number of methoxy groups -OCH3 is 1. The van der Waals surface area contributed by atoms with Crippen LogP contribution in [-0.4, -0.2) is 24.0 Å². The third kappa shape index (κ3) is 3.32. The summed E-state index contributed by atoms with van der Waals surface area (Å²) in [5.74, 6) is -0.367. The maximum absolute atomic E-state index is 12.3. The summed E-state index contributed by atoms with van der Waals surface area (Å²) in [5.41, 5.74) is 0.815. The van der Waals surface area contributed by atoms with Gasteiger partial charge in [-0.05, 0) is 30.3 Å². The number of rotatable bonds is 4. The summed E-state index contributed by atoms with van der Waals surface area (Å²) < 4.78 is 9.90. The second kappa shape index (κ2) is 6.86. The minimum absolute atomic E-state index is 0.228. The molecule has 2 heterocycles. The first-order chi connectivity index (χ1) is 11.6. The van der Waals surface area contributed by atoms with Crippen molar-refractivity contribution in [1.82, 2.24) is 4.98 Å². The van der Waals surface area contributed by atoms with E-state index in [-0.39, 0.29) is 11.3 Å². The van der Waals surface area contributed by atoms with Crippen LogP contribution in [0.2, 0.25) is 5.02 Å². The zero-order valence-corrected chi connectivity index (χ0v) is 14.0. The monoisotopic (exact) mass is 362 g/mol. The number of hydrogen-bond acceptors (Lipinski definition) is 6. The molecule has 3 aromatic rings. The van der Waals surface area contributed by atoms with Gasteiger partial charge in [0.05, 0.1) is 29.6 Å². The minimum Gasteiger partial charge on any atom is -0.465 e. The van der Waals surface area contributed by atoms with E-state index in [4.69, 9.17) is 16.0 Å². The predicted octanol–water partition coefficient (Wildman–Crippen LogP) is 4.10. The number of carbonyl (C=O) groups excluding carboxylic acids is 2. The molecule has 1 amide bonds. The van der Waals surface area contributed by atoms with Gasteiger partial charge in [0.1, 0.15) is 5.69 Å². The van der Waals surface area contributed by atoms with Crippen molar-refractivity contribution < 1.29 is 18.7 Å². The Hall–Kier alpha value is -2.64. The molecule has 0 radical (unpaired) electrons. The molecule has 3 rings (SSSR count). The van der Waals surface area contributed by atoms with Crippen molar-refractivity contribution in [3.63, 3.8) is 0 Å².